The lowest BCUT2D eigenvalue weighted by molar-refractivity contribution is -0.137. The summed E-state index contributed by atoms with van der Waals surface area (Å²) in [6.45, 7) is 0. The highest BCUT2D eigenvalue weighted by Gasteiger charge is 2.31. The molecule has 1 heterocycles. The fourth-order valence-electron chi connectivity index (χ4n) is 1.37. The van der Waals surface area contributed by atoms with Crippen LogP contribution in [0, 0.1) is 0 Å². The summed E-state index contributed by atoms with van der Waals surface area (Å²) in [6.07, 6.45) is -3.61. The molecule has 0 aliphatic rings. The lowest BCUT2D eigenvalue weighted by Crippen LogP contribution is -2.06. The molecule has 0 aliphatic carbocycles. The first kappa shape index (κ1) is 12.9. The van der Waals surface area contributed by atoms with Crippen molar-refractivity contribution in [3.05, 3.63) is 52.8 Å². The lowest BCUT2D eigenvalue weighted by Gasteiger charge is -2.11. The predicted molar refractivity (Wildman–Crippen MR) is 66.7 cm³/mol. The summed E-state index contributed by atoms with van der Waals surface area (Å²) < 4.78 is 38.0. The zero-order valence-corrected chi connectivity index (χ0v) is 10.6. The van der Waals surface area contributed by atoms with Crippen molar-refractivity contribution in [1.29, 1.82) is 0 Å². The van der Waals surface area contributed by atoms with Crippen LogP contribution in [0.4, 0.5) is 24.5 Å². The molecule has 2 nitrogen and oxygen atoms in total. The van der Waals surface area contributed by atoms with Crippen LogP contribution >= 0.6 is 15.9 Å². The minimum atomic E-state index is -4.40. The monoisotopic (exact) mass is 316 g/mol. The third-order valence-electron chi connectivity index (χ3n) is 2.22. The van der Waals surface area contributed by atoms with Crippen LogP contribution in [0.15, 0.2) is 47.2 Å². The van der Waals surface area contributed by atoms with Gasteiger partial charge in [0.1, 0.15) is 4.60 Å². The van der Waals surface area contributed by atoms with Crippen LogP contribution in [0.3, 0.4) is 0 Å². The van der Waals surface area contributed by atoms with Gasteiger partial charge in [0.15, 0.2) is 0 Å². The zero-order valence-electron chi connectivity index (χ0n) is 9.00. The number of halogens is 4. The Morgan fingerprint density at radius 2 is 1.78 bits per heavy atom. The molecule has 0 spiro atoms. The molecule has 94 valence electrons. The van der Waals surface area contributed by atoms with Gasteiger partial charge < -0.3 is 5.32 Å². The molecule has 0 atom stereocenters. The smallest absolute Gasteiger partial charge is 0.353 e. The summed E-state index contributed by atoms with van der Waals surface area (Å²) in [5, 5.41) is 2.88. The molecule has 0 bridgehead atoms. The summed E-state index contributed by atoms with van der Waals surface area (Å²) in [4.78, 5) is 3.68. The number of hydrogen-bond acceptors (Lipinski definition) is 2. The molecular formula is C12H8BrF3N2. The molecule has 0 fully saturated rings. The second-order valence-electron chi connectivity index (χ2n) is 3.55. The maximum Gasteiger partial charge on any atom is 0.417 e. The van der Waals surface area contributed by atoms with Gasteiger partial charge in [-0.2, -0.15) is 13.2 Å². The molecule has 18 heavy (non-hydrogen) atoms. The van der Waals surface area contributed by atoms with Crippen molar-refractivity contribution in [1.82, 2.24) is 4.98 Å². The van der Waals surface area contributed by atoms with Crippen molar-refractivity contribution in [2.45, 2.75) is 6.18 Å². The first-order chi connectivity index (χ1) is 8.47. The molecule has 0 radical (unpaired) electrons. The normalized spacial score (nSPS) is 11.3. The lowest BCUT2D eigenvalue weighted by atomic mass is 10.2. The highest BCUT2D eigenvalue weighted by molar-refractivity contribution is 9.10. The van der Waals surface area contributed by atoms with E-state index in [0.29, 0.717) is 10.3 Å². The van der Waals surface area contributed by atoms with E-state index in [1.165, 1.54) is 0 Å². The molecule has 2 aromatic rings. The van der Waals surface area contributed by atoms with E-state index < -0.39 is 11.7 Å². The first-order valence-corrected chi connectivity index (χ1v) is 5.81. The van der Waals surface area contributed by atoms with E-state index >= 15 is 0 Å². The van der Waals surface area contributed by atoms with Crippen molar-refractivity contribution < 1.29 is 13.2 Å². The average Bonchev–Trinajstić information content (AvgIpc) is 2.32. The Balaban J connectivity index is 2.33. The fourth-order valence-corrected chi connectivity index (χ4v) is 1.68. The highest BCUT2D eigenvalue weighted by Crippen LogP contribution is 2.33. The van der Waals surface area contributed by atoms with Gasteiger partial charge in [0.05, 0.1) is 11.3 Å². The highest BCUT2D eigenvalue weighted by atomic mass is 79.9. The molecule has 1 aromatic carbocycles. The number of benzene rings is 1. The Kier molecular flexibility index (Phi) is 3.56. The van der Waals surface area contributed by atoms with Crippen molar-refractivity contribution >= 4 is 27.3 Å². The molecule has 0 saturated carbocycles. The van der Waals surface area contributed by atoms with Crippen LogP contribution in [0.25, 0.3) is 0 Å². The van der Waals surface area contributed by atoms with Crippen LogP contribution < -0.4 is 5.32 Å². The number of aromatic nitrogens is 1. The maximum absolute atomic E-state index is 12.6. The van der Waals surface area contributed by atoms with E-state index in [2.05, 4.69) is 26.2 Å². The Labute approximate surface area is 110 Å². The van der Waals surface area contributed by atoms with E-state index in [0.717, 1.165) is 12.3 Å². The summed E-state index contributed by atoms with van der Waals surface area (Å²) in [6, 6.07) is 9.93. The molecule has 6 heteroatoms. The van der Waals surface area contributed by atoms with Crippen molar-refractivity contribution in [2.75, 3.05) is 5.32 Å². The minimum absolute atomic E-state index is 0.274. The molecule has 0 aliphatic heterocycles. The van der Waals surface area contributed by atoms with Crippen molar-refractivity contribution in [3.8, 4) is 0 Å². The Morgan fingerprint density at radius 1 is 1.11 bits per heavy atom. The summed E-state index contributed by atoms with van der Waals surface area (Å²) in [5.74, 6) is 0. The third-order valence-corrected chi connectivity index (χ3v) is 2.85. The second kappa shape index (κ2) is 4.97. The van der Waals surface area contributed by atoms with Crippen LogP contribution in [-0.2, 0) is 6.18 Å². The largest absolute Gasteiger partial charge is 0.417 e. The van der Waals surface area contributed by atoms with E-state index in [1.54, 1.807) is 24.3 Å². The number of para-hydroxylation sites is 1. The number of pyridine rings is 1. The zero-order chi connectivity index (χ0) is 13.2. The maximum atomic E-state index is 12.6. The summed E-state index contributed by atoms with van der Waals surface area (Å²) in [5.41, 5.74) is 0.180. The standard InChI is InChI=1S/C12H8BrF3N2/c13-11-10(18-9-4-2-1-3-5-9)6-8(7-17-11)12(14,15)16/h1-7,18H. The fraction of sp³-hybridized carbons (Fsp3) is 0.0833. The van der Waals surface area contributed by atoms with E-state index in [4.69, 9.17) is 0 Å². The third kappa shape index (κ3) is 3.01. The minimum Gasteiger partial charge on any atom is -0.353 e. The summed E-state index contributed by atoms with van der Waals surface area (Å²) >= 11 is 3.11. The predicted octanol–water partition coefficient (Wildman–Crippen LogP) is 4.61. The number of nitrogens with one attached hydrogen (secondary N) is 1. The molecular weight excluding hydrogens is 309 g/mol. The van der Waals surface area contributed by atoms with Crippen LogP contribution in [0.2, 0.25) is 0 Å². The number of anilines is 2. The van der Waals surface area contributed by atoms with Gasteiger partial charge in [0.25, 0.3) is 0 Å². The van der Waals surface area contributed by atoms with Gasteiger partial charge in [-0.3, -0.25) is 0 Å². The van der Waals surface area contributed by atoms with E-state index in [-0.39, 0.29) is 5.69 Å². The molecule has 0 amide bonds. The van der Waals surface area contributed by atoms with Gasteiger partial charge in [-0.05, 0) is 34.1 Å². The number of nitrogens with zero attached hydrogens (tertiary/aromatic N) is 1. The Hall–Kier alpha value is -1.56. The quantitative estimate of drug-likeness (QED) is 0.819. The SMILES string of the molecule is FC(F)(F)c1cnc(Br)c(Nc2ccccc2)c1. The number of hydrogen-bond donors (Lipinski definition) is 1. The molecule has 1 N–H and O–H groups in total. The molecule has 0 unspecified atom stereocenters. The molecule has 2 rings (SSSR count). The van der Waals surface area contributed by atoms with Gasteiger partial charge in [-0.15, -0.1) is 0 Å². The van der Waals surface area contributed by atoms with Crippen LogP contribution in [0.5, 0.6) is 0 Å². The Bertz CT molecular complexity index is 541. The molecule has 1 aromatic heterocycles. The average molecular weight is 317 g/mol. The number of alkyl halides is 3. The van der Waals surface area contributed by atoms with E-state index in [1.807, 2.05) is 6.07 Å². The molecule has 0 saturated heterocycles. The first-order valence-electron chi connectivity index (χ1n) is 5.01. The van der Waals surface area contributed by atoms with Crippen LogP contribution in [-0.4, -0.2) is 4.98 Å². The topological polar surface area (TPSA) is 24.9 Å². The number of rotatable bonds is 2. The van der Waals surface area contributed by atoms with Gasteiger partial charge >= 0.3 is 6.18 Å². The van der Waals surface area contributed by atoms with Crippen LogP contribution in [0.1, 0.15) is 5.56 Å². The van der Waals surface area contributed by atoms with E-state index in [9.17, 15) is 13.2 Å². The second-order valence-corrected chi connectivity index (χ2v) is 4.30. The van der Waals surface area contributed by atoms with Crippen molar-refractivity contribution in [2.24, 2.45) is 0 Å². The van der Waals surface area contributed by atoms with Gasteiger partial charge in [-0.25, -0.2) is 4.98 Å². The Morgan fingerprint density at radius 3 is 2.39 bits per heavy atom. The van der Waals surface area contributed by atoms with Gasteiger partial charge in [-0.1, -0.05) is 18.2 Å². The van der Waals surface area contributed by atoms with Gasteiger partial charge in [0.2, 0.25) is 0 Å². The van der Waals surface area contributed by atoms with Gasteiger partial charge in [0, 0.05) is 11.9 Å². The van der Waals surface area contributed by atoms with Crippen molar-refractivity contribution in [3.63, 3.8) is 0 Å². The summed E-state index contributed by atoms with van der Waals surface area (Å²) in [7, 11) is 0.